The predicted octanol–water partition coefficient (Wildman–Crippen LogP) is 1.96. The Morgan fingerprint density at radius 3 is 2.62 bits per heavy atom. The van der Waals surface area contributed by atoms with Crippen molar-refractivity contribution in [1.82, 2.24) is 0 Å². The van der Waals surface area contributed by atoms with Crippen molar-refractivity contribution < 1.29 is 17.9 Å². The van der Waals surface area contributed by atoms with Crippen molar-refractivity contribution in [3.63, 3.8) is 0 Å². The number of dihydropyridines is 1. The molecule has 1 rings (SSSR count). The molecule has 0 N–H and O–H groups in total. The van der Waals surface area contributed by atoms with Gasteiger partial charge in [0.2, 0.25) is 0 Å². The van der Waals surface area contributed by atoms with Gasteiger partial charge in [-0.3, -0.25) is 4.99 Å². The van der Waals surface area contributed by atoms with Gasteiger partial charge < -0.3 is 4.74 Å². The Labute approximate surface area is 74.1 Å². The van der Waals surface area contributed by atoms with E-state index in [4.69, 9.17) is 0 Å². The maximum absolute atomic E-state index is 12.3. The predicted molar refractivity (Wildman–Crippen MR) is 42.9 cm³/mol. The van der Waals surface area contributed by atoms with Crippen LogP contribution in [0.5, 0.6) is 0 Å². The summed E-state index contributed by atoms with van der Waals surface area (Å²) >= 11 is 0. The zero-order chi connectivity index (χ0) is 9.90. The van der Waals surface area contributed by atoms with Crippen molar-refractivity contribution in [1.29, 1.82) is 0 Å². The molecule has 0 aliphatic carbocycles. The molecule has 13 heavy (non-hydrogen) atoms. The van der Waals surface area contributed by atoms with Crippen LogP contribution in [0.4, 0.5) is 13.2 Å². The molecule has 0 saturated heterocycles. The molecule has 0 saturated carbocycles. The molecule has 1 aliphatic rings. The van der Waals surface area contributed by atoms with Gasteiger partial charge >= 0.3 is 6.18 Å². The summed E-state index contributed by atoms with van der Waals surface area (Å²) in [5.41, 5.74) is 0.0984. The fourth-order valence-corrected chi connectivity index (χ4v) is 1.16. The largest absolute Gasteiger partial charge is 0.418 e. The summed E-state index contributed by atoms with van der Waals surface area (Å²) in [4.78, 5) is 3.77. The second-order valence-corrected chi connectivity index (χ2v) is 2.69. The number of aliphatic imine (C=N–C) groups is 1. The zero-order valence-corrected chi connectivity index (χ0v) is 7.14. The lowest BCUT2D eigenvalue weighted by molar-refractivity contribution is -0.198. The summed E-state index contributed by atoms with van der Waals surface area (Å²) in [7, 11) is 1.04. The Balaban J connectivity index is 2.77. The van der Waals surface area contributed by atoms with Gasteiger partial charge in [-0.05, 0) is 6.42 Å². The molecule has 0 spiro atoms. The standard InChI is InChI=1S/C8H10F3NO/c1-13-7(8(9,10)11)6-3-2-4-12-5-6/h3,5,7H,2,4H2,1H3. The maximum Gasteiger partial charge on any atom is 0.418 e. The monoisotopic (exact) mass is 193 g/mol. The highest BCUT2D eigenvalue weighted by molar-refractivity contribution is 5.80. The quantitative estimate of drug-likeness (QED) is 0.657. The molecule has 1 atom stereocenters. The van der Waals surface area contributed by atoms with Crippen LogP contribution in [0, 0.1) is 0 Å². The fourth-order valence-electron chi connectivity index (χ4n) is 1.16. The van der Waals surface area contributed by atoms with Crippen molar-refractivity contribution in [3.8, 4) is 0 Å². The highest BCUT2D eigenvalue weighted by Gasteiger charge is 2.42. The number of nitrogens with zero attached hydrogens (tertiary/aromatic N) is 1. The summed E-state index contributed by atoms with van der Waals surface area (Å²) in [6.07, 6.45) is -2.91. The SMILES string of the molecule is COC(C1=CCCN=C1)C(F)(F)F. The molecule has 2 nitrogen and oxygen atoms in total. The van der Waals surface area contributed by atoms with E-state index in [2.05, 4.69) is 9.73 Å². The number of methoxy groups -OCH3 is 1. The first-order chi connectivity index (χ1) is 6.05. The first-order valence-corrected chi connectivity index (χ1v) is 3.85. The van der Waals surface area contributed by atoms with Crippen LogP contribution >= 0.6 is 0 Å². The van der Waals surface area contributed by atoms with Gasteiger partial charge in [0.15, 0.2) is 6.10 Å². The Hall–Kier alpha value is -0.840. The van der Waals surface area contributed by atoms with E-state index in [1.807, 2.05) is 0 Å². The van der Waals surface area contributed by atoms with Gasteiger partial charge in [-0.2, -0.15) is 13.2 Å². The number of rotatable bonds is 2. The molecule has 0 aromatic carbocycles. The first-order valence-electron chi connectivity index (χ1n) is 3.85. The Bertz CT molecular complexity index is 232. The van der Waals surface area contributed by atoms with Crippen LogP contribution in [-0.4, -0.2) is 32.1 Å². The topological polar surface area (TPSA) is 21.6 Å². The Kier molecular flexibility index (Phi) is 3.08. The van der Waals surface area contributed by atoms with Gasteiger partial charge in [0.1, 0.15) is 0 Å². The van der Waals surface area contributed by atoms with Gasteiger partial charge in [-0.15, -0.1) is 0 Å². The molecule has 0 bridgehead atoms. The third kappa shape index (κ3) is 2.55. The highest BCUT2D eigenvalue weighted by Crippen LogP contribution is 2.27. The lowest BCUT2D eigenvalue weighted by atomic mass is 10.1. The van der Waals surface area contributed by atoms with E-state index < -0.39 is 12.3 Å². The number of alkyl halides is 3. The Morgan fingerprint density at radius 2 is 2.23 bits per heavy atom. The van der Waals surface area contributed by atoms with Crippen molar-refractivity contribution in [2.45, 2.75) is 18.7 Å². The molecule has 1 aliphatic heterocycles. The van der Waals surface area contributed by atoms with Crippen LogP contribution in [0.3, 0.4) is 0 Å². The van der Waals surface area contributed by atoms with Crippen molar-refractivity contribution in [3.05, 3.63) is 11.6 Å². The molecular formula is C8H10F3NO. The summed E-state index contributed by atoms with van der Waals surface area (Å²) in [5, 5.41) is 0. The van der Waals surface area contributed by atoms with Gasteiger partial charge in [-0.1, -0.05) is 6.08 Å². The van der Waals surface area contributed by atoms with Crippen LogP contribution in [0.15, 0.2) is 16.6 Å². The van der Waals surface area contributed by atoms with Gasteiger partial charge in [0.25, 0.3) is 0 Å². The molecular weight excluding hydrogens is 183 g/mol. The van der Waals surface area contributed by atoms with Gasteiger partial charge in [0.05, 0.1) is 0 Å². The van der Waals surface area contributed by atoms with E-state index in [0.29, 0.717) is 13.0 Å². The van der Waals surface area contributed by atoms with E-state index >= 15 is 0 Å². The van der Waals surface area contributed by atoms with E-state index in [1.54, 1.807) is 0 Å². The molecule has 0 radical (unpaired) electrons. The van der Waals surface area contributed by atoms with Crippen molar-refractivity contribution in [2.24, 2.45) is 4.99 Å². The average molecular weight is 193 g/mol. The minimum Gasteiger partial charge on any atom is -0.367 e. The van der Waals surface area contributed by atoms with Crippen LogP contribution in [0.25, 0.3) is 0 Å². The number of halogens is 3. The van der Waals surface area contributed by atoms with Crippen LogP contribution in [0.1, 0.15) is 6.42 Å². The number of hydrogen-bond acceptors (Lipinski definition) is 2. The van der Waals surface area contributed by atoms with Crippen LogP contribution < -0.4 is 0 Å². The molecule has 0 fully saturated rings. The van der Waals surface area contributed by atoms with Gasteiger partial charge in [0, 0.05) is 25.4 Å². The second-order valence-electron chi connectivity index (χ2n) is 2.69. The molecule has 1 heterocycles. The van der Waals surface area contributed by atoms with E-state index in [-0.39, 0.29) is 5.57 Å². The highest BCUT2D eigenvalue weighted by atomic mass is 19.4. The van der Waals surface area contributed by atoms with E-state index in [0.717, 1.165) is 7.11 Å². The molecule has 5 heteroatoms. The van der Waals surface area contributed by atoms with Crippen molar-refractivity contribution in [2.75, 3.05) is 13.7 Å². The zero-order valence-electron chi connectivity index (χ0n) is 7.14. The first kappa shape index (κ1) is 10.2. The fraction of sp³-hybridized carbons (Fsp3) is 0.625. The molecule has 0 aromatic rings. The third-order valence-electron chi connectivity index (χ3n) is 1.71. The second kappa shape index (κ2) is 3.91. The summed E-state index contributed by atoms with van der Waals surface area (Å²) < 4.78 is 41.2. The van der Waals surface area contributed by atoms with Crippen molar-refractivity contribution >= 4 is 6.21 Å². The minimum atomic E-state index is -4.36. The smallest absolute Gasteiger partial charge is 0.367 e. The van der Waals surface area contributed by atoms with E-state index in [9.17, 15) is 13.2 Å². The summed E-state index contributed by atoms with van der Waals surface area (Å²) in [6, 6.07) is 0. The molecule has 74 valence electrons. The normalized spacial score (nSPS) is 19.8. The van der Waals surface area contributed by atoms with Gasteiger partial charge in [-0.25, -0.2) is 0 Å². The lowest BCUT2D eigenvalue weighted by Crippen LogP contribution is -2.33. The van der Waals surface area contributed by atoms with E-state index in [1.165, 1.54) is 12.3 Å². The molecule has 0 aromatic heterocycles. The van der Waals surface area contributed by atoms with Crippen LogP contribution in [-0.2, 0) is 4.74 Å². The molecule has 1 unspecified atom stereocenters. The summed E-state index contributed by atoms with van der Waals surface area (Å²) in [6.45, 7) is 0.553. The lowest BCUT2D eigenvalue weighted by Gasteiger charge is -2.20. The average Bonchev–Trinajstić information content (AvgIpc) is 2.05. The maximum atomic E-state index is 12.3. The Morgan fingerprint density at radius 1 is 1.54 bits per heavy atom. The number of hydrogen-bond donors (Lipinski definition) is 0. The summed E-state index contributed by atoms with van der Waals surface area (Å²) in [5.74, 6) is 0. The third-order valence-corrected chi connectivity index (χ3v) is 1.71. The van der Waals surface area contributed by atoms with Crippen LogP contribution in [0.2, 0.25) is 0 Å². The number of ether oxygens (including phenoxy) is 1. The molecule has 0 amide bonds. The minimum absolute atomic E-state index is 0.0984.